The predicted molar refractivity (Wildman–Crippen MR) is 198 cm³/mol. The highest BCUT2D eigenvalue weighted by Gasteiger charge is 2.17. The van der Waals surface area contributed by atoms with Crippen LogP contribution in [0.15, 0.2) is 92.8 Å². The average Bonchev–Trinajstić information content (AvgIpc) is 3.98. The van der Waals surface area contributed by atoms with Crippen molar-refractivity contribution in [2.24, 2.45) is 34.1 Å². The minimum atomic E-state index is 0.860. The highest BCUT2D eigenvalue weighted by atomic mass is 15.1. The van der Waals surface area contributed by atoms with E-state index in [9.17, 15) is 0 Å². The van der Waals surface area contributed by atoms with Gasteiger partial charge in [-0.25, -0.2) is 0 Å². The van der Waals surface area contributed by atoms with Crippen molar-refractivity contribution in [1.29, 1.82) is 0 Å². The minimum Gasteiger partial charge on any atom is -0.368 e. The van der Waals surface area contributed by atoms with Crippen molar-refractivity contribution >= 4 is 67.0 Å². The lowest BCUT2D eigenvalue weighted by Crippen LogP contribution is -2.19. The lowest BCUT2D eigenvalue weighted by Gasteiger charge is -2.04. The third kappa shape index (κ3) is 4.78. The molecule has 6 aromatic rings. The Balaban J connectivity index is 0.000000131. The van der Waals surface area contributed by atoms with E-state index in [4.69, 9.17) is 0 Å². The van der Waals surface area contributed by atoms with Gasteiger partial charge in [-0.1, -0.05) is 0 Å². The number of benzene rings is 4. The third-order valence-electron chi connectivity index (χ3n) is 9.80. The highest BCUT2D eigenvalue weighted by Crippen LogP contribution is 2.31. The van der Waals surface area contributed by atoms with Gasteiger partial charge in [0.2, 0.25) is 0 Å². The van der Waals surface area contributed by atoms with E-state index in [1.54, 1.807) is 0 Å². The van der Waals surface area contributed by atoms with Gasteiger partial charge >= 0.3 is 0 Å². The number of aliphatic imine (C=N–C) groups is 4. The maximum absolute atomic E-state index is 4.55. The molecule has 2 aromatic heterocycles. The molecule has 4 aliphatic heterocycles. The van der Waals surface area contributed by atoms with Crippen LogP contribution >= 0.6 is 0 Å². The van der Waals surface area contributed by atoms with Crippen molar-refractivity contribution in [3.05, 3.63) is 95.1 Å². The Labute approximate surface area is 278 Å². The molecule has 0 saturated heterocycles. The fourth-order valence-electron chi connectivity index (χ4n) is 7.39. The minimum absolute atomic E-state index is 0.860. The van der Waals surface area contributed by atoms with Crippen LogP contribution in [0.2, 0.25) is 0 Å². The van der Waals surface area contributed by atoms with E-state index < -0.39 is 0 Å². The molecule has 0 unspecified atom stereocenters. The SMILES string of the molecule is Cn1c2ccc(C3=NCCN3)cc2c2cc(C3=NCCN3)ccc21.Cn1c2ccc(C3=NCCN3)cc2c2cc(C3=NCCN3)ccc21. The van der Waals surface area contributed by atoms with E-state index in [1.807, 2.05) is 0 Å². The zero-order chi connectivity index (χ0) is 32.2. The van der Waals surface area contributed by atoms with Crippen LogP contribution in [-0.2, 0) is 14.1 Å². The van der Waals surface area contributed by atoms with E-state index in [0.717, 1.165) is 98.0 Å². The van der Waals surface area contributed by atoms with Crippen molar-refractivity contribution in [2.45, 2.75) is 0 Å². The molecule has 10 rings (SSSR count). The van der Waals surface area contributed by atoms with Crippen molar-refractivity contribution < 1.29 is 0 Å². The Morgan fingerprint density at radius 2 is 0.646 bits per heavy atom. The number of nitrogens with one attached hydrogen (secondary N) is 4. The number of rotatable bonds is 4. The van der Waals surface area contributed by atoms with Crippen molar-refractivity contribution in [2.75, 3.05) is 52.4 Å². The van der Waals surface area contributed by atoms with Gasteiger partial charge < -0.3 is 30.4 Å². The molecular weight excluding hydrogens is 596 g/mol. The molecule has 0 bridgehead atoms. The summed E-state index contributed by atoms with van der Waals surface area (Å²) in [5, 5.41) is 18.5. The molecule has 0 radical (unpaired) electrons. The number of fused-ring (bicyclic) bond motifs is 6. The quantitative estimate of drug-likeness (QED) is 0.235. The number of aromatic nitrogens is 2. The summed E-state index contributed by atoms with van der Waals surface area (Å²) >= 11 is 0. The van der Waals surface area contributed by atoms with Crippen LogP contribution in [0.5, 0.6) is 0 Å². The van der Waals surface area contributed by atoms with Gasteiger partial charge in [-0.15, -0.1) is 0 Å². The second-order valence-corrected chi connectivity index (χ2v) is 12.7. The largest absolute Gasteiger partial charge is 0.368 e. The van der Waals surface area contributed by atoms with Gasteiger partial charge in [-0.3, -0.25) is 20.0 Å². The smallest absolute Gasteiger partial charge is 0.128 e. The monoisotopic (exact) mass is 634 g/mol. The summed E-state index contributed by atoms with van der Waals surface area (Å²) in [7, 11) is 4.25. The Bertz CT molecular complexity index is 2060. The van der Waals surface area contributed by atoms with E-state index in [1.165, 1.54) is 43.6 Å². The van der Waals surface area contributed by atoms with Crippen LogP contribution in [0.1, 0.15) is 22.3 Å². The van der Waals surface area contributed by atoms with Crippen LogP contribution in [0.3, 0.4) is 0 Å². The fraction of sp³-hybridized carbons (Fsp3) is 0.263. The number of nitrogens with zero attached hydrogens (tertiary/aromatic N) is 6. The number of hydrogen-bond donors (Lipinski definition) is 4. The Kier molecular flexibility index (Phi) is 6.88. The van der Waals surface area contributed by atoms with Gasteiger partial charge in [-0.05, 0) is 72.8 Å². The molecule has 0 atom stereocenters. The van der Waals surface area contributed by atoms with Crippen molar-refractivity contribution in [3.8, 4) is 0 Å². The second-order valence-electron chi connectivity index (χ2n) is 12.7. The first-order valence-electron chi connectivity index (χ1n) is 16.8. The molecule has 0 amide bonds. The van der Waals surface area contributed by atoms with Crippen molar-refractivity contribution in [1.82, 2.24) is 30.4 Å². The van der Waals surface area contributed by atoms with Crippen LogP contribution in [0.4, 0.5) is 0 Å². The summed E-state index contributed by atoms with van der Waals surface area (Å²) in [5.74, 6) is 4.03. The number of aryl methyl sites for hydroxylation is 2. The summed E-state index contributed by atoms with van der Waals surface area (Å²) in [6, 6.07) is 26.4. The molecule has 0 saturated carbocycles. The van der Waals surface area contributed by atoms with E-state index in [0.29, 0.717) is 0 Å². The zero-order valence-corrected chi connectivity index (χ0v) is 27.3. The maximum Gasteiger partial charge on any atom is 0.128 e. The standard InChI is InChI=1S/2C19H19N5/c2*1-24-16-4-2-12(18-20-6-7-21-18)10-14(16)15-11-13(3-5-17(15)24)19-22-8-9-23-19/h2*2-5,10-11H,6-9H2,1H3,(H,20,21)(H,22,23). The lowest BCUT2D eigenvalue weighted by atomic mass is 10.1. The molecule has 10 heteroatoms. The van der Waals surface area contributed by atoms with E-state index >= 15 is 0 Å². The summed E-state index contributed by atoms with van der Waals surface area (Å²) < 4.78 is 4.51. The molecule has 4 N–H and O–H groups in total. The maximum atomic E-state index is 4.55. The van der Waals surface area contributed by atoms with E-state index in [2.05, 4.69) is 137 Å². The molecule has 4 aromatic carbocycles. The summed E-state index contributed by atoms with van der Waals surface area (Å²) in [5.41, 5.74) is 9.61. The van der Waals surface area contributed by atoms with Crippen LogP contribution in [-0.4, -0.2) is 84.8 Å². The average molecular weight is 635 g/mol. The zero-order valence-electron chi connectivity index (χ0n) is 27.3. The first kappa shape index (κ1) is 28.6. The summed E-state index contributed by atoms with van der Waals surface area (Å²) in [6.07, 6.45) is 0. The van der Waals surface area contributed by atoms with E-state index in [-0.39, 0.29) is 0 Å². The molecular formula is C38H38N10. The molecule has 240 valence electrons. The second kappa shape index (κ2) is 11.6. The van der Waals surface area contributed by atoms with Crippen molar-refractivity contribution in [3.63, 3.8) is 0 Å². The highest BCUT2D eigenvalue weighted by molar-refractivity contribution is 6.15. The molecule has 10 nitrogen and oxygen atoms in total. The Morgan fingerprint density at radius 3 is 0.854 bits per heavy atom. The first-order valence-corrected chi connectivity index (χ1v) is 16.8. The molecule has 0 fully saturated rings. The fourth-order valence-corrected chi connectivity index (χ4v) is 7.39. The summed E-state index contributed by atoms with van der Waals surface area (Å²) in [6.45, 7) is 7.16. The van der Waals surface area contributed by atoms with Crippen LogP contribution in [0, 0.1) is 0 Å². The number of amidine groups is 4. The molecule has 0 spiro atoms. The van der Waals surface area contributed by atoms with Crippen LogP contribution in [0.25, 0.3) is 43.6 Å². The molecule has 4 aliphatic rings. The van der Waals surface area contributed by atoms with Gasteiger partial charge in [0.25, 0.3) is 0 Å². The third-order valence-corrected chi connectivity index (χ3v) is 9.80. The van der Waals surface area contributed by atoms with Gasteiger partial charge in [0.15, 0.2) is 0 Å². The molecule has 0 aliphatic carbocycles. The normalized spacial score (nSPS) is 17.0. The number of hydrogen-bond acceptors (Lipinski definition) is 8. The van der Waals surface area contributed by atoms with Crippen LogP contribution < -0.4 is 21.3 Å². The van der Waals surface area contributed by atoms with Gasteiger partial charge in [0, 0.05) is 106 Å². The van der Waals surface area contributed by atoms with Gasteiger partial charge in [0.1, 0.15) is 23.3 Å². The molecule has 6 heterocycles. The first-order chi connectivity index (χ1) is 23.6. The Morgan fingerprint density at radius 1 is 0.396 bits per heavy atom. The lowest BCUT2D eigenvalue weighted by molar-refractivity contribution is 0.960. The predicted octanol–water partition coefficient (Wildman–Crippen LogP) is 4.06. The summed E-state index contributed by atoms with van der Waals surface area (Å²) in [4.78, 5) is 18.2. The topological polar surface area (TPSA) is 107 Å². The molecule has 48 heavy (non-hydrogen) atoms. The van der Waals surface area contributed by atoms with Gasteiger partial charge in [-0.2, -0.15) is 0 Å². The Hall–Kier alpha value is -5.64. The van der Waals surface area contributed by atoms with Gasteiger partial charge in [0.05, 0.1) is 26.2 Å².